The van der Waals surface area contributed by atoms with Crippen molar-refractivity contribution in [3.63, 3.8) is 0 Å². The maximum Gasteiger partial charge on any atom is 0.276 e. The second-order valence-electron chi connectivity index (χ2n) is 4.23. The van der Waals surface area contributed by atoms with Gasteiger partial charge in [0.15, 0.2) is 0 Å². The predicted molar refractivity (Wildman–Crippen MR) is 70.3 cm³/mol. The first-order chi connectivity index (χ1) is 9.02. The van der Waals surface area contributed by atoms with Crippen LogP contribution in [0.4, 0.5) is 11.5 Å². The van der Waals surface area contributed by atoms with Crippen molar-refractivity contribution in [2.75, 3.05) is 18.5 Å². The van der Waals surface area contributed by atoms with Crippen LogP contribution in [0.15, 0.2) is 12.1 Å². The molecule has 1 aromatic rings. The Morgan fingerprint density at radius 3 is 3.00 bits per heavy atom. The van der Waals surface area contributed by atoms with Crippen LogP contribution in [-0.4, -0.2) is 35.4 Å². The first-order valence-electron chi connectivity index (χ1n) is 5.83. The number of amides is 1. The van der Waals surface area contributed by atoms with Crippen molar-refractivity contribution in [2.24, 2.45) is 0 Å². The summed E-state index contributed by atoms with van der Waals surface area (Å²) >= 11 is 5.79. The van der Waals surface area contributed by atoms with Gasteiger partial charge in [0.25, 0.3) is 5.69 Å². The summed E-state index contributed by atoms with van der Waals surface area (Å²) in [5.41, 5.74) is -0.127. The number of anilines is 1. The van der Waals surface area contributed by atoms with E-state index in [1.165, 1.54) is 12.1 Å². The number of carbonyl (C=O) groups is 1. The molecule has 1 amide bonds. The van der Waals surface area contributed by atoms with Crippen molar-refractivity contribution >= 4 is 29.0 Å². The third-order valence-corrected chi connectivity index (χ3v) is 3.27. The maximum atomic E-state index is 11.8. The van der Waals surface area contributed by atoms with Gasteiger partial charge in [-0.25, -0.2) is 4.98 Å². The van der Waals surface area contributed by atoms with Crippen LogP contribution in [0.1, 0.15) is 12.8 Å². The summed E-state index contributed by atoms with van der Waals surface area (Å²) in [4.78, 5) is 27.9. The maximum absolute atomic E-state index is 11.8. The Bertz CT molecular complexity index is 523. The quantitative estimate of drug-likeness (QED) is 0.514. The Morgan fingerprint density at radius 2 is 2.37 bits per heavy atom. The Balaban J connectivity index is 2.35. The molecule has 0 radical (unpaired) electrons. The monoisotopic (exact) mass is 284 g/mol. The molecule has 1 saturated heterocycles. The lowest BCUT2D eigenvalue weighted by Gasteiger charge is -2.24. The molecular weight excluding hydrogens is 272 g/mol. The van der Waals surface area contributed by atoms with E-state index in [-0.39, 0.29) is 22.8 Å². The van der Waals surface area contributed by atoms with E-state index < -0.39 is 4.92 Å². The lowest BCUT2D eigenvalue weighted by Crippen LogP contribution is -2.42. The van der Waals surface area contributed by atoms with E-state index >= 15 is 0 Å². The summed E-state index contributed by atoms with van der Waals surface area (Å²) in [6, 6.07) is 2.18. The number of nitro groups is 1. The van der Waals surface area contributed by atoms with Crippen molar-refractivity contribution in [3.8, 4) is 0 Å². The number of carbonyl (C=O) groups excluding carboxylic acids is 1. The van der Waals surface area contributed by atoms with Gasteiger partial charge in [-0.05, 0) is 12.8 Å². The minimum atomic E-state index is -0.526. The molecule has 7 nitrogen and oxygen atoms in total. The van der Waals surface area contributed by atoms with Crippen LogP contribution in [-0.2, 0) is 4.79 Å². The van der Waals surface area contributed by atoms with Crippen LogP contribution >= 0.6 is 11.6 Å². The summed E-state index contributed by atoms with van der Waals surface area (Å²) in [7, 11) is 1.56. The summed E-state index contributed by atoms with van der Waals surface area (Å²) in [5, 5.41) is 13.4. The van der Waals surface area contributed by atoms with Crippen molar-refractivity contribution in [3.05, 3.63) is 27.4 Å². The lowest BCUT2D eigenvalue weighted by atomic mass is 10.2. The highest BCUT2D eigenvalue weighted by Gasteiger charge is 2.32. The molecule has 1 fully saturated rings. The minimum Gasteiger partial charge on any atom is -0.357 e. The summed E-state index contributed by atoms with van der Waals surface area (Å²) in [6.45, 7) is 0.628. The molecule has 8 heteroatoms. The molecule has 0 aliphatic carbocycles. The second kappa shape index (κ2) is 5.40. The van der Waals surface area contributed by atoms with Crippen molar-refractivity contribution in [1.82, 2.24) is 10.3 Å². The Morgan fingerprint density at radius 1 is 1.63 bits per heavy atom. The predicted octanol–water partition coefficient (Wildman–Crippen LogP) is 1.36. The topological polar surface area (TPSA) is 88.4 Å². The smallest absolute Gasteiger partial charge is 0.276 e. The number of rotatable bonds is 3. The van der Waals surface area contributed by atoms with E-state index in [1.54, 1.807) is 11.9 Å². The zero-order chi connectivity index (χ0) is 14.0. The number of nitrogens with zero attached hydrogens (tertiary/aromatic N) is 3. The van der Waals surface area contributed by atoms with Gasteiger partial charge < -0.3 is 10.2 Å². The highest BCUT2D eigenvalue weighted by molar-refractivity contribution is 6.29. The zero-order valence-electron chi connectivity index (χ0n) is 10.3. The Labute approximate surface area is 114 Å². The molecular formula is C11H13ClN4O3. The summed E-state index contributed by atoms with van der Waals surface area (Å²) < 4.78 is 0. The number of aromatic nitrogens is 1. The van der Waals surface area contributed by atoms with Gasteiger partial charge >= 0.3 is 0 Å². The Hall–Kier alpha value is -1.89. The number of hydrogen-bond acceptors (Lipinski definition) is 5. The molecule has 1 aliphatic rings. The number of likely N-dealkylation sites (N-methyl/N-ethyl adjacent to an activating group) is 1. The van der Waals surface area contributed by atoms with Crippen molar-refractivity contribution in [1.29, 1.82) is 0 Å². The molecule has 1 atom stereocenters. The molecule has 1 aromatic heterocycles. The van der Waals surface area contributed by atoms with Gasteiger partial charge in [0, 0.05) is 13.6 Å². The fourth-order valence-corrected chi connectivity index (χ4v) is 2.40. The van der Waals surface area contributed by atoms with Gasteiger partial charge in [-0.3, -0.25) is 14.9 Å². The average Bonchev–Trinajstić information content (AvgIpc) is 2.86. The SMILES string of the molecule is CNC(=O)C1CCCN1c1cc([N+](=O)[O-])cc(Cl)n1. The summed E-state index contributed by atoms with van der Waals surface area (Å²) in [6.07, 6.45) is 1.53. The van der Waals surface area contributed by atoms with Crippen LogP contribution in [0.5, 0.6) is 0 Å². The lowest BCUT2D eigenvalue weighted by molar-refractivity contribution is -0.384. The van der Waals surface area contributed by atoms with Gasteiger partial charge in [0.05, 0.1) is 17.1 Å². The third kappa shape index (κ3) is 2.76. The molecule has 0 bridgehead atoms. The van der Waals surface area contributed by atoms with Gasteiger partial charge in [-0.2, -0.15) is 0 Å². The van der Waals surface area contributed by atoms with E-state index in [0.29, 0.717) is 18.8 Å². The molecule has 19 heavy (non-hydrogen) atoms. The number of pyridine rings is 1. The van der Waals surface area contributed by atoms with Crippen LogP contribution in [0.2, 0.25) is 5.15 Å². The zero-order valence-corrected chi connectivity index (χ0v) is 11.1. The van der Waals surface area contributed by atoms with Crippen LogP contribution in [0.25, 0.3) is 0 Å². The van der Waals surface area contributed by atoms with E-state index in [1.807, 2.05) is 0 Å². The van der Waals surface area contributed by atoms with Gasteiger partial charge in [-0.15, -0.1) is 0 Å². The van der Waals surface area contributed by atoms with Crippen molar-refractivity contribution < 1.29 is 9.72 Å². The van der Waals surface area contributed by atoms with E-state index in [2.05, 4.69) is 10.3 Å². The first-order valence-corrected chi connectivity index (χ1v) is 6.21. The average molecular weight is 285 g/mol. The van der Waals surface area contributed by atoms with Gasteiger partial charge in [-0.1, -0.05) is 11.6 Å². The van der Waals surface area contributed by atoms with E-state index in [4.69, 9.17) is 11.6 Å². The first kappa shape index (κ1) is 13.5. The fraction of sp³-hybridized carbons (Fsp3) is 0.455. The van der Waals surface area contributed by atoms with Crippen LogP contribution in [0, 0.1) is 10.1 Å². The molecule has 1 unspecified atom stereocenters. The van der Waals surface area contributed by atoms with E-state index in [0.717, 1.165) is 6.42 Å². The number of halogens is 1. The number of hydrogen-bond donors (Lipinski definition) is 1. The second-order valence-corrected chi connectivity index (χ2v) is 4.62. The Kier molecular flexibility index (Phi) is 3.84. The van der Waals surface area contributed by atoms with Gasteiger partial charge in [0.1, 0.15) is 17.0 Å². The summed E-state index contributed by atoms with van der Waals surface area (Å²) in [5.74, 6) is 0.243. The standard InChI is InChI=1S/C11H13ClN4O3/c1-13-11(17)8-3-2-4-15(8)10-6-7(16(18)19)5-9(12)14-10/h5-6,8H,2-4H2,1H3,(H,13,17). The van der Waals surface area contributed by atoms with Gasteiger partial charge in [0.2, 0.25) is 5.91 Å². The van der Waals surface area contributed by atoms with Crippen LogP contribution < -0.4 is 10.2 Å². The molecule has 0 saturated carbocycles. The molecule has 2 heterocycles. The normalized spacial score (nSPS) is 18.4. The third-order valence-electron chi connectivity index (χ3n) is 3.07. The minimum absolute atomic E-state index is 0.0479. The molecule has 1 N–H and O–H groups in total. The molecule has 2 rings (SSSR count). The molecule has 102 valence electrons. The highest BCUT2D eigenvalue weighted by atomic mass is 35.5. The highest BCUT2D eigenvalue weighted by Crippen LogP contribution is 2.28. The molecule has 0 aromatic carbocycles. The largest absolute Gasteiger partial charge is 0.357 e. The van der Waals surface area contributed by atoms with Crippen LogP contribution in [0.3, 0.4) is 0 Å². The number of nitrogens with one attached hydrogen (secondary N) is 1. The fourth-order valence-electron chi connectivity index (χ4n) is 2.20. The molecule has 0 spiro atoms. The van der Waals surface area contributed by atoms with Crippen molar-refractivity contribution in [2.45, 2.75) is 18.9 Å². The van der Waals surface area contributed by atoms with E-state index in [9.17, 15) is 14.9 Å². The molecule has 1 aliphatic heterocycles.